The van der Waals surface area contributed by atoms with Crippen LogP contribution in [0.3, 0.4) is 0 Å². The summed E-state index contributed by atoms with van der Waals surface area (Å²) in [6.45, 7) is 1.74. The van der Waals surface area contributed by atoms with Gasteiger partial charge in [0, 0.05) is 54.0 Å². The Hall–Kier alpha value is -3.21. The predicted molar refractivity (Wildman–Crippen MR) is 109 cm³/mol. The van der Waals surface area contributed by atoms with Crippen molar-refractivity contribution in [1.29, 1.82) is 0 Å². The summed E-state index contributed by atoms with van der Waals surface area (Å²) in [6, 6.07) is 19.2. The van der Waals surface area contributed by atoms with E-state index < -0.39 is 0 Å². The molecule has 0 N–H and O–H groups in total. The third-order valence-corrected chi connectivity index (χ3v) is 6.06. The second kappa shape index (κ2) is 6.99. The number of carbonyl (C=O) groups is 1. The molecule has 3 aromatic rings. The molecule has 4 nitrogen and oxygen atoms in total. The zero-order valence-electron chi connectivity index (χ0n) is 15.9. The molecule has 3 heterocycles. The van der Waals surface area contributed by atoms with Crippen molar-refractivity contribution in [1.82, 2.24) is 9.47 Å². The third-order valence-electron chi connectivity index (χ3n) is 6.06. The lowest BCUT2D eigenvalue weighted by Crippen LogP contribution is -2.49. The monoisotopic (exact) mass is 388 g/mol. The number of rotatable bonds is 2. The second-order valence-electron chi connectivity index (χ2n) is 7.94. The first-order chi connectivity index (χ1) is 14.1. The first-order valence-corrected chi connectivity index (χ1v) is 9.95. The molecule has 0 saturated carbocycles. The maximum Gasteiger partial charge on any atom is 0.253 e. The van der Waals surface area contributed by atoms with Crippen LogP contribution in [0, 0.1) is 11.7 Å². The number of hydrogen-bond acceptors (Lipinski definition) is 2. The van der Waals surface area contributed by atoms with Crippen LogP contribution in [0.15, 0.2) is 71.5 Å². The van der Waals surface area contributed by atoms with Gasteiger partial charge < -0.3 is 9.47 Å². The number of fused-ring (bicyclic) bond motifs is 4. The van der Waals surface area contributed by atoms with E-state index in [4.69, 9.17) is 0 Å². The molecule has 146 valence electrons. The summed E-state index contributed by atoms with van der Waals surface area (Å²) < 4.78 is 16.3. The fourth-order valence-corrected chi connectivity index (χ4v) is 4.85. The molecule has 2 unspecified atom stereocenters. The Kier molecular flexibility index (Phi) is 4.31. The Morgan fingerprint density at radius 3 is 2.41 bits per heavy atom. The van der Waals surface area contributed by atoms with Crippen LogP contribution in [-0.2, 0) is 6.54 Å². The molecule has 2 aromatic carbocycles. The minimum atomic E-state index is -0.302. The Balaban J connectivity index is 1.57. The molecule has 2 aliphatic heterocycles. The zero-order chi connectivity index (χ0) is 20.0. The molecule has 1 amide bonds. The molecule has 2 bridgehead atoms. The molecule has 29 heavy (non-hydrogen) atoms. The van der Waals surface area contributed by atoms with Gasteiger partial charge in [0.25, 0.3) is 11.5 Å². The SMILES string of the molecule is O=C(c1ccccc1)N1CC2CC(C1)c1c(-c3ccccc3F)ccc(=O)n1C2. The Morgan fingerprint density at radius 2 is 1.62 bits per heavy atom. The van der Waals surface area contributed by atoms with Gasteiger partial charge in [-0.3, -0.25) is 9.59 Å². The number of aromatic nitrogens is 1. The van der Waals surface area contributed by atoms with Gasteiger partial charge in [0.05, 0.1) is 0 Å². The topological polar surface area (TPSA) is 42.3 Å². The first kappa shape index (κ1) is 17.9. The number of piperidine rings is 1. The molecule has 0 spiro atoms. The van der Waals surface area contributed by atoms with Crippen molar-refractivity contribution in [2.45, 2.75) is 18.9 Å². The summed E-state index contributed by atoms with van der Waals surface area (Å²) in [6.07, 6.45) is 0.906. The van der Waals surface area contributed by atoms with Crippen LogP contribution in [0.25, 0.3) is 11.1 Å². The third kappa shape index (κ3) is 3.07. The normalized spacial score (nSPS) is 20.2. The first-order valence-electron chi connectivity index (χ1n) is 9.95. The number of pyridine rings is 1. The number of nitrogens with zero attached hydrogens (tertiary/aromatic N) is 2. The van der Waals surface area contributed by atoms with Crippen molar-refractivity contribution in [3.63, 3.8) is 0 Å². The highest BCUT2D eigenvalue weighted by atomic mass is 19.1. The van der Waals surface area contributed by atoms with Gasteiger partial charge in [-0.1, -0.05) is 36.4 Å². The van der Waals surface area contributed by atoms with Crippen molar-refractivity contribution >= 4 is 5.91 Å². The lowest BCUT2D eigenvalue weighted by Gasteiger charge is -2.43. The molecule has 2 aliphatic rings. The second-order valence-corrected chi connectivity index (χ2v) is 7.94. The highest BCUT2D eigenvalue weighted by Crippen LogP contribution is 2.40. The fraction of sp³-hybridized carbons (Fsp3) is 0.250. The van der Waals surface area contributed by atoms with E-state index in [1.54, 1.807) is 28.8 Å². The molecule has 5 heteroatoms. The summed E-state index contributed by atoms with van der Waals surface area (Å²) >= 11 is 0. The Morgan fingerprint density at radius 1 is 0.862 bits per heavy atom. The van der Waals surface area contributed by atoms with Crippen LogP contribution in [0.2, 0.25) is 0 Å². The predicted octanol–water partition coefficient (Wildman–Crippen LogP) is 3.91. The van der Waals surface area contributed by atoms with E-state index >= 15 is 0 Å². The van der Waals surface area contributed by atoms with E-state index in [2.05, 4.69) is 0 Å². The minimum absolute atomic E-state index is 0.0127. The van der Waals surface area contributed by atoms with Gasteiger partial charge in [-0.15, -0.1) is 0 Å². The number of hydrogen-bond donors (Lipinski definition) is 0. The molecule has 1 saturated heterocycles. The summed E-state index contributed by atoms with van der Waals surface area (Å²) in [5.74, 6) is -0.0512. The van der Waals surface area contributed by atoms with E-state index in [1.807, 2.05) is 35.2 Å². The Bertz CT molecular complexity index is 1140. The minimum Gasteiger partial charge on any atom is -0.338 e. The average Bonchev–Trinajstić information content (AvgIpc) is 2.75. The summed E-state index contributed by atoms with van der Waals surface area (Å²) in [7, 11) is 0. The smallest absolute Gasteiger partial charge is 0.253 e. The maximum absolute atomic E-state index is 14.5. The zero-order valence-corrected chi connectivity index (χ0v) is 15.9. The van der Waals surface area contributed by atoms with Crippen LogP contribution in [0.1, 0.15) is 28.4 Å². The largest absolute Gasteiger partial charge is 0.338 e. The van der Waals surface area contributed by atoms with Crippen LogP contribution < -0.4 is 5.56 Å². The van der Waals surface area contributed by atoms with Crippen LogP contribution in [0.5, 0.6) is 0 Å². The molecule has 1 fully saturated rings. The van der Waals surface area contributed by atoms with E-state index in [1.165, 1.54) is 12.1 Å². The fourth-order valence-electron chi connectivity index (χ4n) is 4.85. The number of likely N-dealkylation sites (tertiary alicyclic amines) is 1. The van der Waals surface area contributed by atoms with E-state index in [-0.39, 0.29) is 29.1 Å². The standard InChI is InChI=1S/C24H21FN2O2/c25-21-9-5-4-8-19(21)20-10-11-22(28)27-14-16-12-18(23(20)27)15-26(13-16)24(29)17-6-2-1-3-7-17/h1-11,16,18H,12-15H2. The lowest BCUT2D eigenvalue weighted by atomic mass is 9.80. The molecule has 0 aliphatic carbocycles. The van der Waals surface area contributed by atoms with Gasteiger partial charge in [-0.2, -0.15) is 0 Å². The van der Waals surface area contributed by atoms with Crippen molar-refractivity contribution in [2.75, 3.05) is 13.1 Å². The number of halogens is 1. The Labute approximate surface area is 168 Å². The highest BCUT2D eigenvalue weighted by Gasteiger charge is 2.38. The number of benzene rings is 2. The van der Waals surface area contributed by atoms with Crippen molar-refractivity contribution in [3.05, 3.63) is 94.2 Å². The average molecular weight is 388 g/mol. The van der Waals surface area contributed by atoms with E-state index in [0.29, 0.717) is 30.8 Å². The number of amides is 1. The highest BCUT2D eigenvalue weighted by molar-refractivity contribution is 5.94. The number of carbonyl (C=O) groups excluding carboxylic acids is 1. The van der Waals surface area contributed by atoms with Gasteiger partial charge in [-0.05, 0) is 36.6 Å². The van der Waals surface area contributed by atoms with E-state index in [0.717, 1.165) is 17.7 Å². The van der Waals surface area contributed by atoms with Crippen LogP contribution >= 0.6 is 0 Å². The van der Waals surface area contributed by atoms with Crippen LogP contribution in [-0.4, -0.2) is 28.5 Å². The maximum atomic E-state index is 14.5. The van der Waals surface area contributed by atoms with Gasteiger partial charge in [0.15, 0.2) is 0 Å². The van der Waals surface area contributed by atoms with Gasteiger partial charge in [-0.25, -0.2) is 4.39 Å². The van der Waals surface area contributed by atoms with Gasteiger partial charge >= 0.3 is 0 Å². The molecule has 0 radical (unpaired) electrons. The van der Waals surface area contributed by atoms with Gasteiger partial charge in [0.1, 0.15) is 5.82 Å². The quantitative estimate of drug-likeness (QED) is 0.668. The molecular formula is C24H21FN2O2. The van der Waals surface area contributed by atoms with Gasteiger partial charge in [0.2, 0.25) is 0 Å². The van der Waals surface area contributed by atoms with Crippen molar-refractivity contribution in [2.24, 2.45) is 5.92 Å². The lowest BCUT2D eigenvalue weighted by molar-refractivity contribution is 0.0595. The van der Waals surface area contributed by atoms with Crippen LogP contribution in [0.4, 0.5) is 4.39 Å². The van der Waals surface area contributed by atoms with Crippen molar-refractivity contribution in [3.8, 4) is 11.1 Å². The molecule has 5 rings (SSSR count). The molecule has 1 aromatic heterocycles. The van der Waals surface area contributed by atoms with E-state index in [9.17, 15) is 14.0 Å². The summed E-state index contributed by atoms with van der Waals surface area (Å²) in [4.78, 5) is 27.5. The summed E-state index contributed by atoms with van der Waals surface area (Å²) in [5, 5.41) is 0. The molecular weight excluding hydrogens is 367 g/mol. The molecule has 2 atom stereocenters. The van der Waals surface area contributed by atoms with Crippen molar-refractivity contribution < 1.29 is 9.18 Å². The summed E-state index contributed by atoms with van der Waals surface area (Å²) in [5.41, 5.74) is 2.72.